The van der Waals surface area contributed by atoms with Gasteiger partial charge >= 0.3 is 5.97 Å². The molecule has 0 bridgehead atoms. The second-order valence-electron chi connectivity index (χ2n) is 23.2. The van der Waals surface area contributed by atoms with Crippen LogP contribution < -0.4 is 5.32 Å². The predicted octanol–water partition coefficient (Wildman–Crippen LogP) is 21.4. The van der Waals surface area contributed by atoms with Crippen molar-refractivity contribution in [1.29, 1.82) is 0 Å². The summed E-state index contributed by atoms with van der Waals surface area (Å²) in [7, 11) is 0. The van der Waals surface area contributed by atoms with Crippen molar-refractivity contribution in [1.82, 2.24) is 5.32 Å². The maximum absolute atomic E-state index is 12.5. The van der Waals surface area contributed by atoms with Gasteiger partial charge in [0.15, 0.2) is 0 Å². The Morgan fingerprint density at radius 1 is 0.365 bits per heavy atom. The van der Waals surface area contributed by atoms with E-state index in [4.69, 9.17) is 4.74 Å². The van der Waals surface area contributed by atoms with Crippen molar-refractivity contribution in [3.63, 3.8) is 0 Å². The number of unbranched alkanes of at least 4 members (excludes halogenated alkanes) is 50. The van der Waals surface area contributed by atoms with Crippen LogP contribution in [-0.4, -0.2) is 47.4 Å². The topological polar surface area (TPSA) is 95.9 Å². The van der Waals surface area contributed by atoms with Crippen LogP contribution in [-0.2, 0) is 14.3 Å². The summed E-state index contributed by atoms with van der Waals surface area (Å²) in [6.45, 7) is 4.91. The summed E-state index contributed by atoms with van der Waals surface area (Å²) in [6.07, 6.45) is 79.4. The van der Waals surface area contributed by atoms with Crippen molar-refractivity contribution < 1.29 is 24.5 Å². The van der Waals surface area contributed by atoms with E-state index < -0.39 is 12.1 Å². The molecule has 0 heterocycles. The molecule has 0 aromatic heterocycles. The molecule has 0 aliphatic carbocycles. The fraction of sp³-hybridized carbons (Fsp3) is 0.912. The molecule has 0 spiro atoms. The molecule has 6 heteroatoms. The number of allylic oxidation sites excluding steroid dienone is 3. The van der Waals surface area contributed by atoms with Crippen LogP contribution in [0.25, 0.3) is 0 Å². The maximum atomic E-state index is 12.5. The number of carbonyl (C=O) groups excluding carboxylic acids is 2. The highest BCUT2D eigenvalue weighted by Crippen LogP contribution is 2.18. The molecule has 0 saturated heterocycles. The molecule has 2 unspecified atom stereocenters. The van der Waals surface area contributed by atoms with Crippen LogP contribution in [0.3, 0.4) is 0 Å². The Morgan fingerprint density at radius 2 is 0.635 bits per heavy atom. The SMILES string of the molecule is CCCCCCCCC/C=C\CCCCCCCCCC(=O)OCCCCCCCCCCCCCCCCC(=O)NC(CO)C(O)/C=C/CCCCCCCCCCCCCCCCCCCCCCCCC. The Kier molecular flexibility index (Phi) is 62.4. The summed E-state index contributed by atoms with van der Waals surface area (Å²) < 4.78 is 5.49. The van der Waals surface area contributed by atoms with E-state index in [1.54, 1.807) is 6.08 Å². The summed E-state index contributed by atoms with van der Waals surface area (Å²) in [6, 6.07) is -0.637. The van der Waals surface area contributed by atoms with Gasteiger partial charge in [-0.1, -0.05) is 327 Å². The molecule has 74 heavy (non-hydrogen) atoms. The summed E-state index contributed by atoms with van der Waals surface area (Å²) in [5.41, 5.74) is 0. The molecule has 2 atom stereocenters. The molecule has 0 radical (unpaired) electrons. The van der Waals surface area contributed by atoms with Crippen LogP contribution in [0.2, 0.25) is 0 Å². The van der Waals surface area contributed by atoms with Crippen molar-refractivity contribution in [2.45, 2.75) is 386 Å². The smallest absolute Gasteiger partial charge is 0.305 e. The third-order valence-corrected chi connectivity index (χ3v) is 15.7. The zero-order valence-corrected chi connectivity index (χ0v) is 50.1. The van der Waals surface area contributed by atoms with Gasteiger partial charge in [-0.25, -0.2) is 0 Å². The van der Waals surface area contributed by atoms with Crippen molar-refractivity contribution in [3.05, 3.63) is 24.3 Å². The molecule has 0 saturated carbocycles. The maximum Gasteiger partial charge on any atom is 0.305 e. The van der Waals surface area contributed by atoms with Crippen LogP contribution in [0, 0.1) is 0 Å². The summed E-state index contributed by atoms with van der Waals surface area (Å²) in [4.78, 5) is 24.6. The zero-order chi connectivity index (χ0) is 53.6. The molecule has 0 rings (SSSR count). The number of aliphatic hydroxyl groups is 2. The van der Waals surface area contributed by atoms with Gasteiger partial charge < -0.3 is 20.3 Å². The van der Waals surface area contributed by atoms with E-state index >= 15 is 0 Å². The quantitative estimate of drug-likeness (QED) is 0.0320. The van der Waals surface area contributed by atoms with E-state index in [1.807, 2.05) is 6.08 Å². The van der Waals surface area contributed by atoms with Gasteiger partial charge in [-0.2, -0.15) is 0 Å². The van der Waals surface area contributed by atoms with Crippen molar-refractivity contribution in [2.75, 3.05) is 13.2 Å². The van der Waals surface area contributed by atoms with Crippen molar-refractivity contribution in [2.24, 2.45) is 0 Å². The second kappa shape index (κ2) is 63.9. The number of amides is 1. The number of rotatable bonds is 63. The normalized spacial score (nSPS) is 12.6. The molecule has 0 aromatic rings. The Morgan fingerprint density at radius 3 is 0.959 bits per heavy atom. The molecule has 0 aromatic carbocycles. The highest BCUT2D eigenvalue weighted by molar-refractivity contribution is 5.76. The van der Waals surface area contributed by atoms with Crippen LogP contribution in [0.15, 0.2) is 24.3 Å². The first-order valence-corrected chi connectivity index (χ1v) is 33.6. The van der Waals surface area contributed by atoms with Gasteiger partial charge in [0.1, 0.15) is 0 Å². The lowest BCUT2D eigenvalue weighted by Crippen LogP contribution is -2.45. The Balaban J connectivity index is 3.45. The minimum Gasteiger partial charge on any atom is -0.466 e. The minimum absolute atomic E-state index is 0.00518. The fourth-order valence-electron chi connectivity index (χ4n) is 10.6. The molecule has 438 valence electrons. The van der Waals surface area contributed by atoms with Gasteiger partial charge in [0, 0.05) is 12.8 Å². The van der Waals surface area contributed by atoms with Crippen LogP contribution >= 0.6 is 0 Å². The average molecular weight is 1040 g/mol. The zero-order valence-electron chi connectivity index (χ0n) is 50.1. The predicted molar refractivity (Wildman–Crippen MR) is 324 cm³/mol. The summed E-state index contributed by atoms with van der Waals surface area (Å²) in [5.74, 6) is -0.0795. The number of aliphatic hydroxyl groups excluding tert-OH is 2. The van der Waals surface area contributed by atoms with E-state index in [0.717, 1.165) is 57.8 Å². The second-order valence-corrected chi connectivity index (χ2v) is 23.2. The molecule has 0 aliphatic heterocycles. The largest absolute Gasteiger partial charge is 0.466 e. The van der Waals surface area contributed by atoms with Crippen LogP contribution in [0.1, 0.15) is 373 Å². The van der Waals surface area contributed by atoms with E-state index in [0.29, 0.717) is 19.4 Å². The lowest BCUT2D eigenvalue weighted by molar-refractivity contribution is -0.143. The number of carbonyl (C=O) groups is 2. The van der Waals surface area contributed by atoms with E-state index in [1.165, 1.54) is 289 Å². The molecule has 0 fully saturated rings. The lowest BCUT2D eigenvalue weighted by Gasteiger charge is -2.20. The van der Waals surface area contributed by atoms with Crippen molar-refractivity contribution in [3.8, 4) is 0 Å². The standard InChI is InChI=1S/C68H131NO5/c1-3-5-7-9-11-13-15-17-19-21-23-24-25-26-27-28-29-30-32-36-40-44-48-52-56-60-66(71)65(64-70)69-67(72)61-57-53-49-45-41-37-34-35-39-43-47-51-55-59-63-74-68(73)62-58-54-50-46-42-38-33-31-22-20-18-16-14-12-10-8-6-4-2/h20,22,56,60,65-66,70-71H,3-19,21,23-55,57-59,61-64H2,1-2H3,(H,69,72)/b22-20-,60-56+. The number of hydrogen-bond acceptors (Lipinski definition) is 5. The van der Waals surface area contributed by atoms with Crippen LogP contribution in [0.4, 0.5) is 0 Å². The lowest BCUT2D eigenvalue weighted by atomic mass is 10.0. The molecule has 0 aliphatic rings. The van der Waals surface area contributed by atoms with E-state index in [9.17, 15) is 19.8 Å². The summed E-state index contributed by atoms with van der Waals surface area (Å²) >= 11 is 0. The van der Waals surface area contributed by atoms with Crippen LogP contribution in [0.5, 0.6) is 0 Å². The highest BCUT2D eigenvalue weighted by atomic mass is 16.5. The van der Waals surface area contributed by atoms with Gasteiger partial charge in [0.2, 0.25) is 5.91 Å². The average Bonchev–Trinajstić information content (AvgIpc) is 3.40. The molecular formula is C68H131NO5. The van der Waals surface area contributed by atoms with Crippen molar-refractivity contribution >= 4 is 11.9 Å². The highest BCUT2D eigenvalue weighted by Gasteiger charge is 2.18. The molecule has 3 N–H and O–H groups in total. The van der Waals surface area contributed by atoms with Gasteiger partial charge in [-0.05, 0) is 57.8 Å². The first-order valence-electron chi connectivity index (χ1n) is 33.6. The van der Waals surface area contributed by atoms with E-state index in [-0.39, 0.29) is 18.5 Å². The third-order valence-electron chi connectivity index (χ3n) is 15.7. The fourth-order valence-corrected chi connectivity index (χ4v) is 10.6. The third kappa shape index (κ3) is 59.6. The van der Waals surface area contributed by atoms with E-state index in [2.05, 4.69) is 31.3 Å². The van der Waals surface area contributed by atoms with Gasteiger partial charge in [0.25, 0.3) is 0 Å². The first-order chi connectivity index (χ1) is 36.5. The number of hydrogen-bond donors (Lipinski definition) is 3. The van der Waals surface area contributed by atoms with Gasteiger partial charge in [-0.15, -0.1) is 0 Å². The minimum atomic E-state index is -0.853. The number of nitrogens with one attached hydrogen (secondary N) is 1. The first kappa shape index (κ1) is 72.3. The summed E-state index contributed by atoms with van der Waals surface area (Å²) in [5, 5.41) is 23.3. The number of ether oxygens (including phenoxy) is 1. The van der Waals surface area contributed by atoms with Gasteiger partial charge in [0.05, 0.1) is 25.4 Å². The Bertz CT molecular complexity index is 1150. The molecular weight excluding hydrogens is 911 g/mol. The van der Waals surface area contributed by atoms with Gasteiger partial charge in [-0.3, -0.25) is 9.59 Å². The Labute approximate surface area is 462 Å². The molecule has 6 nitrogen and oxygen atoms in total. The monoisotopic (exact) mass is 1040 g/mol. The molecule has 1 amide bonds. The number of esters is 1. The Hall–Kier alpha value is -1.66.